The van der Waals surface area contributed by atoms with Gasteiger partial charge < -0.3 is 10.1 Å². The molecule has 0 unspecified atom stereocenters. The number of halogens is 1. The maximum atomic E-state index is 11.2. The fraction of sp³-hybridized carbons (Fsp3) is 0.615. The molecule has 5 nitrogen and oxygen atoms in total. The molecule has 1 rings (SSSR count). The summed E-state index contributed by atoms with van der Waals surface area (Å²) in [6.07, 6.45) is 1.14. The molecular formula is C13H20BrN3O2. The van der Waals surface area contributed by atoms with Crippen molar-refractivity contribution in [1.29, 1.82) is 0 Å². The first-order chi connectivity index (χ1) is 9.02. The van der Waals surface area contributed by atoms with E-state index in [2.05, 4.69) is 31.2 Å². The zero-order valence-electron chi connectivity index (χ0n) is 11.6. The molecule has 6 heteroatoms. The molecule has 0 radical (unpaired) electrons. The van der Waals surface area contributed by atoms with Gasteiger partial charge in [0, 0.05) is 24.9 Å². The molecule has 0 aliphatic heterocycles. The number of ether oxygens (including phenoxy) is 1. The Morgan fingerprint density at radius 1 is 1.47 bits per heavy atom. The van der Waals surface area contributed by atoms with Gasteiger partial charge in [-0.25, -0.2) is 9.97 Å². The maximum Gasteiger partial charge on any atom is 0.305 e. The molecule has 0 amide bonds. The van der Waals surface area contributed by atoms with Crippen molar-refractivity contribution in [3.05, 3.63) is 16.5 Å². The molecular weight excluding hydrogens is 310 g/mol. The van der Waals surface area contributed by atoms with Gasteiger partial charge in [0.25, 0.3) is 0 Å². The zero-order valence-corrected chi connectivity index (χ0v) is 13.2. The van der Waals surface area contributed by atoms with E-state index in [0.29, 0.717) is 19.6 Å². The Hall–Kier alpha value is -1.17. The highest BCUT2D eigenvalue weighted by Gasteiger charge is 2.07. The molecule has 0 aromatic carbocycles. The summed E-state index contributed by atoms with van der Waals surface area (Å²) in [6, 6.07) is 1.83. The van der Waals surface area contributed by atoms with Crippen LogP contribution in [0.3, 0.4) is 0 Å². The molecule has 1 aromatic heterocycles. The van der Waals surface area contributed by atoms with E-state index in [-0.39, 0.29) is 11.9 Å². The van der Waals surface area contributed by atoms with Gasteiger partial charge in [-0.2, -0.15) is 0 Å². The lowest BCUT2D eigenvalue weighted by Gasteiger charge is -2.09. The van der Waals surface area contributed by atoms with Gasteiger partial charge in [0.1, 0.15) is 16.2 Å². The minimum Gasteiger partial charge on any atom is -0.466 e. The third kappa shape index (κ3) is 6.00. The molecule has 0 atom stereocenters. The Morgan fingerprint density at radius 2 is 2.21 bits per heavy atom. The van der Waals surface area contributed by atoms with Crippen LogP contribution >= 0.6 is 15.9 Å². The Balaban J connectivity index is 2.43. The Labute approximate surface area is 122 Å². The van der Waals surface area contributed by atoms with E-state index >= 15 is 0 Å². The van der Waals surface area contributed by atoms with Crippen LogP contribution in [0.2, 0.25) is 0 Å². The molecule has 0 saturated carbocycles. The lowest BCUT2D eigenvalue weighted by Crippen LogP contribution is -2.10. The van der Waals surface area contributed by atoms with E-state index in [9.17, 15) is 4.79 Å². The van der Waals surface area contributed by atoms with Crippen LogP contribution in [0.4, 0.5) is 5.82 Å². The van der Waals surface area contributed by atoms with Crippen LogP contribution in [0.5, 0.6) is 0 Å². The summed E-state index contributed by atoms with van der Waals surface area (Å²) in [5, 5.41) is 3.19. The highest BCUT2D eigenvalue weighted by atomic mass is 79.9. The first kappa shape index (κ1) is 15.9. The van der Waals surface area contributed by atoms with Gasteiger partial charge in [0.2, 0.25) is 0 Å². The van der Waals surface area contributed by atoms with E-state index in [0.717, 1.165) is 22.7 Å². The number of carbonyl (C=O) groups is 1. The number of nitrogens with zero attached hydrogens (tertiary/aromatic N) is 2. The van der Waals surface area contributed by atoms with Crippen LogP contribution < -0.4 is 5.32 Å². The first-order valence-corrected chi connectivity index (χ1v) is 7.26. The average Bonchev–Trinajstić information content (AvgIpc) is 2.34. The van der Waals surface area contributed by atoms with Crippen molar-refractivity contribution in [3.63, 3.8) is 0 Å². The smallest absolute Gasteiger partial charge is 0.305 e. The fourth-order valence-corrected chi connectivity index (χ4v) is 1.86. The van der Waals surface area contributed by atoms with Gasteiger partial charge in [0.05, 0.1) is 6.61 Å². The predicted molar refractivity (Wildman–Crippen MR) is 78.2 cm³/mol. The Morgan fingerprint density at radius 3 is 2.84 bits per heavy atom. The zero-order chi connectivity index (χ0) is 14.3. The second kappa shape index (κ2) is 8.09. The molecule has 0 aliphatic rings. The third-order valence-electron chi connectivity index (χ3n) is 2.40. The number of esters is 1. The summed E-state index contributed by atoms with van der Waals surface area (Å²) < 4.78 is 5.63. The van der Waals surface area contributed by atoms with Crippen LogP contribution in [0.25, 0.3) is 0 Å². The van der Waals surface area contributed by atoms with Crippen molar-refractivity contribution in [2.75, 3.05) is 18.5 Å². The predicted octanol–water partition coefficient (Wildman–Crippen LogP) is 3.12. The molecule has 1 heterocycles. The lowest BCUT2D eigenvalue weighted by molar-refractivity contribution is -0.143. The topological polar surface area (TPSA) is 64.1 Å². The van der Waals surface area contributed by atoms with E-state index in [1.54, 1.807) is 0 Å². The lowest BCUT2D eigenvalue weighted by atomic mass is 10.2. The number of carbonyl (C=O) groups excluding carboxylic acids is 1. The van der Waals surface area contributed by atoms with Gasteiger partial charge in [0.15, 0.2) is 0 Å². The highest BCUT2D eigenvalue weighted by Crippen LogP contribution is 2.17. The van der Waals surface area contributed by atoms with Gasteiger partial charge in [-0.15, -0.1) is 0 Å². The van der Waals surface area contributed by atoms with Crippen molar-refractivity contribution in [1.82, 2.24) is 9.97 Å². The number of aromatic nitrogens is 2. The fourth-order valence-electron chi connectivity index (χ4n) is 1.47. The van der Waals surface area contributed by atoms with E-state index in [1.807, 2.05) is 26.8 Å². The van der Waals surface area contributed by atoms with Crippen LogP contribution in [0.1, 0.15) is 45.4 Å². The van der Waals surface area contributed by atoms with Crippen LogP contribution in [-0.2, 0) is 9.53 Å². The minimum absolute atomic E-state index is 0.156. The quantitative estimate of drug-likeness (QED) is 0.473. The summed E-state index contributed by atoms with van der Waals surface area (Å²) >= 11 is 3.37. The second-order valence-electron chi connectivity index (χ2n) is 4.42. The van der Waals surface area contributed by atoms with Crippen molar-refractivity contribution >= 4 is 27.7 Å². The SMILES string of the molecule is CCOC(=O)CCCNc1cc(Br)nc(C(C)C)n1. The van der Waals surface area contributed by atoms with Crippen molar-refractivity contribution in [2.24, 2.45) is 0 Å². The van der Waals surface area contributed by atoms with Crippen molar-refractivity contribution in [2.45, 2.75) is 39.5 Å². The van der Waals surface area contributed by atoms with E-state index < -0.39 is 0 Å². The molecule has 0 aliphatic carbocycles. The number of rotatable bonds is 7. The summed E-state index contributed by atoms with van der Waals surface area (Å²) in [6.45, 7) is 7.02. The van der Waals surface area contributed by atoms with Crippen molar-refractivity contribution < 1.29 is 9.53 Å². The Bertz CT molecular complexity index is 424. The maximum absolute atomic E-state index is 11.2. The standard InChI is InChI=1S/C13H20BrN3O2/c1-4-19-12(18)6-5-7-15-11-8-10(14)16-13(17-11)9(2)3/h8-9H,4-7H2,1-3H3,(H,15,16,17). The van der Waals surface area contributed by atoms with E-state index in [4.69, 9.17) is 4.74 Å². The largest absolute Gasteiger partial charge is 0.466 e. The molecule has 1 aromatic rings. The molecule has 0 fully saturated rings. The highest BCUT2D eigenvalue weighted by molar-refractivity contribution is 9.10. The van der Waals surface area contributed by atoms with E-state index in [1.165, 1.54) is 0 Å². The number of hydrogen-bond acceptors (Lipinski definition) is 5. The van der Waals surface area contributed by atoms with Crippen molar-refractivity contribution in [3.8, 4) is 0 Å². The van der Waals surface area contributed by atoms with Gasteiger partial charge in [-0.05, 0) is 29.3 Å². The summed E-state index contributed by atoms with van der Waals surface area (Å²) in [7, 11) is 0. The summed E-state index contributed by atoms with van der Waals surface area (Å²) in [5.41, 5.74) is 0. The minimum atomic E-state index is -0.156. The molecule has 19 heavy (non-hydrogen) atoms. The first-order valence-electron chi connectivity index (χ1n) is 6.47. The number of nitrogens with one attached hydrogen (secondary N) is 1. The second-order valence-corrected chi connectivity index (χ2v) is 5.24. The summed E-state index contributed by atoms with van der Waals surface area (Å²) in [5.74, 6) is 1.69. The molecule has 0 spiro atoms. The monoisotopic (exact) mass is 329 g/mol. The Kier molecular flexibility index (Phi) is 6.77. The normalized spacial score (nSPS) is 10.6. The number of hydrogen-bond donors (Lipinski definition) is 1. The van der Waals surface area contributed by atoms with Gasteiger partial charge in [-0.1, -0.05) is 13.8 Å². The summed E-state index contributed by atoms with van der Waals surface area (Å²) in [4.78, 5) is 19.9. The van der Waals surface area contributed by atoms with Crippen LogP contribution in [0.15, 0.2) is 10.7 Å². The van der Waals surface area contributed by atoms with Gasteiger partial charge >= 0.3 is 5.97 Å². The average molecular weight is 330 g/mol. The third-order valence-corrected chi connectivity index (χ3v) is 2.80. The van der Waals surface area contributed by atoms with Gasteiger partial charge in [-0.3, -0.25) is 4.79 Å². The molecule has 0 saturated heterocycles. The van der Waals surface area contributed by atoms with Crippen LogP contribution in [0, 0.1) is 0 Å². The molecule has 106 valence electrons. The molecule has 1 N–H and O–H groups in total. The van der Waals surface area contributed by atoms with Crippen LogP contribution in [-0.4, -0.2) is 29.1 Å². The molecule has 0 bridgehead atoms. The number of anilines is 1.